The Labute approximate surface area is 372 Å². The van der Waals surface area contributed by atoms with Gasteiger partial charge in [0.1, 0.15) is 110 Å². The van der Waals surface area contributed by atoms with E-state index in [0.717, 1.165) is 0 Å². The van der Waals surface area contributed by atoms with Crippen molar-refractivity contribution in [3.63, 3.8) is 0 Å². The van der Waals surface area contributed by atoms with Gasteiger partial charge in [0, 0.05) is 44.1 Å². The Morgan fingerprint density at radius 3 is 1.49 bits per heavy atom. The molecule has 0 bridgehead atoms. The number of rotatable bonds is 15. The maximum absolute atomic E-state index is 11.4. The van der Waals surface area contributed by atoms with Crippen molar-refractivity contribution in [2.45, 2.75) is 160 Å². The smallest absolute Gasteiger partial charge is 0.187 e. The molecule has 0 aromatic heterocycles. The zero-order valence-electron chi connectivity index (χ0n) is 31.7. The van der Waals surface area contributed by atoms with E-state index < -0.39 is 180 Å². The number of ether oxygens (including phenoxy) is 10. The van der Waals surface area contributed by atoms with Gasteiger partial charge < -0.3 is 125 Å². The van der Waals surface area contributed by atoms with Crippen molar-refractivity contribution in [3.8, 4) is 0 Å². The summed E-state index contributed by atoms with van der Waals surface area (Å²) in [6.07, 6.45) is -40.4. The van der Waals surface area contributed by atoms with Gasteiger partial charge >= 0.3 is 0 Å². The van der Waals surface area contributed by atoms with Gasteiger partial charge in [-0.25, -0.2) is 0 Å². The van der Waals surface area contributed by atoms with E-state index >= 15 is 0 Å². The van der Waals surface area contributed by atoms with Crippen LogP contribution >= 0.6 is 0 Å². The molecule has 341 valence electrons. The Morgan fingerprint density at radius 2 is 0.898 bits per heavy atom. The molecule has 1 radical (unpaired) electrons. The molecule has 5 saturated heterocycles. The van der Waals surface area contributed by atoms with Crippen LogP contribution in [0, 0.1) is 44.1 Å². The predicted octanol–water partition coefficient (Wildman–Crippen LogP) is -8.63. The van der Waals surface area contributed by atoms with Crippen LogP contribution in [0.4, 0.5) is 0 Å². The molecule has 0 amide bonds. The molecule has 0 spiro atoms. The summed E-state index contributed by atoms with van der Waals surface area (Å²) >= 11 is 0. The van der Waals surface area contributed by atoms with Crippen molar-refractivity contribution >= 4 is 0 Å². The summed E-state index contributed by atoms with van der Waals surface area (Å²) in [5.74, 6) is 0. The quantitative estimate of drug-likeness (QED) is 0.0677. The third-order valence-corrected chi connectivity index (χ3v) is 10.7. The van der Waals surface area contributed by atoms with Gasteiger partial charge in [-0.05, 0) is 6.92 Å². The number of aliphatic hydroxyl groups is 14. The summed E-state index contributed by atoms with van der Waals surface area (Å²) < 4.78 is 56.2. The predicted molar refractivity (Wildman–Crippen MR) is 181 cm³/mol. The van der Waals surface area contributed by atoms with Gasteiger partial charge in [-0.3, -0.25) is 0 Å². The fourth-order valence-electron chi connectivity index (χ4n) is 7.25. The molecule has 0 aliphatic carbocycles. The Hall–Kier alpha value is 0.182. The number of aliphatic hydroxyl groups excluding tert-OH is 14. The van der Waals surface area contributed by atoms with Gasteiger partial charge in [0.25, 0.3) is 0 Å². The minimum Gasteiger partial charge on any atom is -0.668 e. The minimum atomic E-state index is -2.05. The Balaban J connectivity index is 0.00000769. The van der Waals surface area contributed by atoms with Gasteiger partial charge in [0.2, 0.25) is 0 Å². The van der Waals surface area contributed by atoms with E-state index in [1.54, 1.807) is 0 Å². The molecule has 5 fully saturated rings. The average Bonchev–Trinajstić information content (AvgIpc) is 3.21. The van der Waals surface area contributed by atoms with E-state index in [2.05, 4.69) is 6.58 Å². The fourth-order valence-corrected chi connectivity index (χ4v) is 7.25. The van der Waals surface area contributed by atoms with Crippen LogP contribution in [-0.2, 0) is 47.4 Å². The van der Waals surface area contributed by atoms with Crippen molar-refractivity contribution in [1.29, 1.82) is 0 Å². The second-order valence-electron chi connectivity index (χ2n) is 14.6. The van der Waals surface area contributed by atoms with E-state index in [0.29, 0.717) is 0 Å². The first kappa shape index (κ1) is 51.8. The third kappa shape index (κ3) is 11.2. The molecule has 59 heavy (non-hydrogen) atoms. The topological polar surface area (TPSA) is 399 Å². The van der Waals surface area contributed by atoms with E-state index in [1.807, 2.05) is 0 Å². The molecule has 15 N–H and O–H groups in total. The molecule has 5 heterocycles. The number of hydrogen-bond acceptors (Lipinski definition) is 24. The van der Waals surface area contributed by atoms with Gasteiger partial charge in [-0.15, -0.1) is 6.58 Å². The van der Waals surface area contributed by atoms with Crippen LogP contribution in [0.25, 0.3) is 5.73 Å². The summed E-state index contributed by atoms with van der Waals surface area (Å²) in [4.78, 5) is 0. The molecule has 5 aliphatic rings. The summed E-state index contributed by atoms with van der Waals surface area (Å²) in [5, 5.41) is 148. The molecule has 0 aromatic carbocycles. The van der Waals surface area contributed by atoms with Crippen molar-refractivity contribution < 1.29 is 163 Å². The average molecular weight is 1080 g/mol. The molecular formula is C33H56AcNO24-. The Kier molecular flexibility index (Phi) is 20.1. The van der Waals surface area contributed by atoms with E-state index in [1.165, 1.54) is 13.0 Å². The van der Waals surface area contributed by atoms with Crippen LogP contribution in [-0.4, -0.2) is 258 Å². The summed E-state index contributed by atoms with van der Waals surface area (Å²) in [5.41, 5.74) is 8.98. The largest absolute Gasteiger partial charge is 0.668 e. The molecule has 13 unspecified atom stereocenters. The van der Waals surface area contributed by atoms with Crippen molar-refractivity contribution in [3.05, 3.63) is 18.4 Å². The van der Waals surface area contributed by atoms with Gasteiger partial charge in [-0.2, -0.15) is 0 Å². The van der Waals surface area contributed by atoms with Crippen molar-refractivity contribution in [2.75, 3.05) is 33.0 Å². The Morgan fingerprint density at radius 1 is 0.458 bits per heavy atom. The van der Waals surface area contributed by atoms with Crippen LogP contribution < -0.4 is 0 Å². The summed E-state index contributed by atoms with van der Waals surface area (Å²) in [6.45, 7) is 1.21. The van der Waals surface area contributed by atoms with Crippen LogP contribution in [0.15, 0.2) is 12.7 Å². The zero-order valence-corrected chi connectivity index (χ0v) is 36.4. The normalized spacial score (nSPS) is 50.8. The van der Waals surface area contributed by atoms with Crippen LogP contribution in [0.5, 0.6) is 0 Å². The summed E-state index contributed by atoms with van der Waals surface area (Å²) in [6, 6.07) is -1.91. The number of hydrogen-bond donors (Lipinski definition) is 14. The molecule has 5 aliphatic heterocycles. The first-order valence-electron chi connectivity index (χ1n) is 18.6. The molecule has 0 saturated carbocycles. The molecule has 26 heteroatoms. The monoisotopic (exact) mass is 1080 g/mol. The molecule has 25 nitrogen and oxygen atoms in total. The first-order valence-corrected chi connectivity index (χ1v) is 18.6. The first-order chi connectivity index (χ1) is 27.5. The van der Waals surface area contributed by atoms with E-state index in [4.69, 9.17) is 53.1 Å². The number of nitrogens with one attached hydrogen (secondary N) is 1. The third-order valence-electron chi connectivity index (χ3n) is 10.7. The second kappa shape index (κ2) is 22.9. The van der Waals surface area contributed by atoms with Gasteiger partial charge in [0.15, 0.2) is 25.2 Å². The van der Waals surface area contributed by atoms with E-state index in [9.17, 15) is 71.5 Å². The van der Waals surface area contributed by atoms with Gasteiger partial charge in [-0.1, -0.05) is 12.1 Å². The molecule has 0 aromatic rings. The maximum Gasteiger partial charge on any atom is 0.187 e. The molecule has 5 rings (SSSR count). The van der Waals surface area contributed by atoms with E-state index in [-0.39, 0.29) is 50.7 Å². The van der Waals surface area contributed by atoms with Crippen LogP contribution in [0.2, 0.25) is 0 Å². The SMILES string of the molecule is C=CCO[C@@H]1OC(CO)[C@H](O[C@@H]2OC(CO)C(O)C(OC3OC(CO)[C@H](O)[C@H](O[C@@H]4OC(CO)[C@H](O)[C@H](O)C4O[C@@H]4OC(C)[C@H](O)[C@@H](O)C4O)C3[NH-])C2O)[C@H](O)C1O.[Ac]. The molecule has 25 atom stereocenters. The zero-order chi connectivity index (χ0) is 42.7. The van der Waals surface area contributed by atoms with Crippen LogP contribution in [0.1, 0.15) is 6.92 Å². The Bertz CT molecular complexity index is 1280. The van der Waals surface area contributed by atoms with Crippen LogP contribution in [0.3, 0.4) is 0 Å². The molecular weight excluding hydrogens is 1020 g/mol. The second-order valence-corrected chi connectivity index (χ2v) is 14.6. The standard InChI is InChI=1S/C33H56NO24.Ac/c1-3-4-49-30-23(47)21(45)25(13(8-38)54-30)55-32-24(48)27(18(42)12(7-37)52-32)57-29-14(34)26(17(41)11(6-36)51-29)56-33-28(20(44)16(40)10(5-35)53-33)58-31-22(46)19(43)15(39)9(2)50-31;/h3,9-48H,1,4-8H2,2H3;/q-1;/t9?,10?,11?,12?,13?,14?,15-,16-,17-,18?,19+,20-,21+,22?,23?,24?,25-,26+,27?,28?,29?,30+,31-,32-,33-;/m0./s1. The summed E-state index contributed by atoms with van der Waals surface area (Å²) in [7, 11) is 0. The van der Waals surface area contributed by atoms with Crippen molar-refractivity contribution in [1.82, 2.24) is 0 Å². The maximum atomic E-state index is 11.4. The fraction of sp³-hybridized carbons (Fsp3) is 0.939. The minimum absolute atomic E-state index is 0. The van der Waals surface area contributed by atoms with Gasteiger partial charge in [0.05, 0.1) is 45.2 Å². The van der Waals surface area contributed by atoms with Crippen molar-refractivity contribution in [2.24, 2.45) is 0 Å².